The maximum absolute atomic E-state index is 17.8. The molecule has 286 valence electrons. The molecule has 10 rings (SSSR count). The van der Waals surface area contributed by atoms with Crippen molar-refractivity contribution in [3.63, 3.8) is 0 Å². The van der Waals surface area contributed by atoms with Gasteiger partial charge in [-0.05, 0) is 80.6 Å². The van der Waals surface area contributed by atoms with Gasteiger partial charge in [0.1, 0.15) is 41.2 Å². The van der Waals surface area contributed by atoms with Gasteiger partial charge in [-0.3, -0.25) is 14.5 Å². The first-order valence-electron chi connectivity index (χ1n) is 19.6. The lowest BCUT2D eigenvalue weighted by molar-refractivity contribution is -0.00902. The zero-order chi connectivity index (χ0) is 37.6. The summed E-state index contributed by atoms with van der Waals surface area (Å²) in [5.74, 6) is 1.55. The zero-order valence-corrected chi connectivity index (χ0v) is 30.9. The fraction of sp³-hybridized carbons (Fsp3) is 0.500. The van der Waals surface area contributed by atoms with Crippen molar-refractivity contribution < 1.29 is 27.8 Å². The Morgan fingerprint density at radius 2 is 1.87 bits per heavy atom. The number of phenolic OH excluding ortho intramolecular Hbond substituents is 1. The largest absolute Gasteiger partial charge is 0.508 e. The van der Waals surface area contributed by atoms with Gasteiger partial charge in [0.25, 0.3) is 0 Å². The highest BCUT2D eigenvalue weighted by Crippen LogP contribution is 2.47. The summed E-state index contributed by atoms with van der Waals surface area (Å²) in [5, 5.41) is 17.5. The monoisotopic (exact) mass is 751 g/mol. The number of fused-ring (bicyclic) bond motifs is 7. The van der Waals surface area contributed by atoms with E-state index in [0.717, 1.165) is 71.3 Å². The molecule has 0 saturated carbocycles. The Morgan fingerprint density at radius 1 is 1.04 bits per heavy atom. The molecule has 5 fully saturated rings. The number of phenols is 1. The topological polar surface area (TPSA) is 92.0 Å². The van der Waals surface area contributed by atoms with Gasteiger partial charge in [-0.2, -0.15) is 15.1 Å². The number of aromatic hydroxyl groups is 1. The normalized spacial score (nSPS) is 27.1. The van der Waals surface area contributed by atoms with Crippen molar-refractivity contribution in [2.24, 2.45) is 7.05 Å². The van der Waals surface area contributed by atoms with Gasteiger partial charge >= 0.3 is 6.01 Å². The lowest BCUT2D eigenvalue weighted by Gasteiger charge is -2.43. The SMILES string of the molecule is C#Cc1c(F)ccc2cc(O)cc(-c3c(F)c4nc(OC[C@@]56CCCN5C[C@H](F)C6)nc(N5C6CCC5CN(CC5CCCCO5)C6)c4c4cn(C)nc34)c12. The van der Waals surface area contributed by atoms with Crippen LogP contribution in [0.2, 0.25) is 0 Å². The molecule has 3 aromatic carbocycles. The fourth-order valence-corrected chi connectivity index (χ4v) is 10.5. The molecule has 5 aliphatic heterocycles. The molecule has 5 saturated heterocycles. The number of halogens is 3. The van der Waals surface area contributed by atoms with Crippen molar-refractivity contribution in [1.82, 2.24) is 29.5 Å². The third-order valence-electron chi connectivity index (χ3n) is 12.9. The van der Waals surface area contributed by atoms with Crippen molar-refractivity contribution in [3.05, 3.63) is 47.7 Å². The first-order valence-corrected chi connectivity index (χ1v) is 19.6. The Bertz CT molecular complexity index is 2380. The van der Waals surface area contributed by atoms with Gasteiger partial charge in [0.2, 0.25) is 0 Å². The number of hydrogen-bond donors (Lipinski definition) is 1. The minimum Gasteiger partial charge on any atom is -0.508 e. The van der Waals surface area contributed by atoms with Crippen molar-refractivity contribution in [2.45, 2.75) is 81.3 Å². The number of aromatic nitrogens is 4. The maximum atomic E-state index is 17.8. The van der Waals surface area contributed by atoms with Gasteiger partial charge in [0, 0.05) is 80.9 Å². The lowest BCUT2D eigenvalue weighted by atomic mass is 9.91. The number of nitrogens with zero attached hydrogens (tertiary/aromatic N) is 7. The van der Waals surface area contributed by atoms with Crippen molar-refractivity contribution in [3.8, 4) is 35.2 Å². The third kappa shape index (κ3) is 5.70. The molecule has 0 radical (unpaired) electrons. The minimum atomic E-state index is -0.934. The quantitative estimate of drug-likeness (QED) is 0.188. The zero-order valence-electron chi connectivity index (χ0n) is 30.9. The van der Waals surface area contributed by atoms with Crippen LogP contribution in [0.25, 0.3) is 43.7 Å². The molecule has 7 heterocycles. The second-order valence-electron chi connectivity index (χ2n) is 16.3. The fourth-order valence-electron chi connectivity index (χ4n) is 10.5. The summed E-state index contributed by atoms with van der Waals surface area (Å²) in [7, 11) is 1.76. The molecule has 55 heavy (non-hydrogen) atoms. The average molecular weight is 752 g/mol. The second-order valence-corrected chi connectivity index (χ2v) is 16.3. The summed E-state index contributed by atoms with van der Waals surface area (Å²) >= 11 is 0. The summed E-state index contributed by atoms with van der Waals surface area (Å²) in [6, 6.07) is 5.89. The number of benzene rings is 3. The van der Waals surface area contributed by atoms with Crippen LogP contribution in [-0.4, -0.2) is 110 Å². The van der Waals surface area contributed by atoms with E-state index in [0.29, 0.717) is 40.5 Å². The summed E-state index contributed by atoms with van der Waals surface area (Å²) in [6.45, 7) is 4.71. The predicted octanol–water partition coefficient (Wildman–Crippen LogP) is 6.48. The molecule has 0 spiro atoms. The Balaban J connectivity index is 1.16. The van der Waals surface area contributed by atoms with E-state index in [4.69, 9.17) is 31.0 Å². The van der Waals surface area contributed by atoms with Crippen LogP contribution >= 0.6 is 0 Å². The van der Waals surface area contributed by atoms with Gasteiger partial charge in [0.15, 0.2) is 5.82 Å². The predicted molar refractivity (Wildman–Crippen MR) is 204 cm³/mol. The summed E-state index contributed by atoms with van der Waals surface area (Å²) in [4.78, 5) is 16.9. The van der Waals surface area contributed by atoms with E-state index >= 15 is 8.78 Å². The van der Waals surface area contributed by atoms with E-state index < -0.39 is 23.3 Å². The average Bonchev–Trinajstić information content (AvgIpc) is 3.90. The molecule has 10 nitrogen and oxygen atoms in total. The molecule has 5 aromatic rings. The standard InChI is InChI=1S/C42H44F3N7O3/c1-3-30-33(44)11-8-24-15-28(53)16-31(34(24)30)35-37(45)39-36(32-22-49(2)48-38(32)35)40(47-41(46-39)55-23-42-12-6-13-51(42)18-25(43)17-42)52-26-9-10-27(52)20-50(19-26)21-29-7-4-5-14-54-29/h1,8,11,15-16,22,25-27,29,53H,4-7,9-10,12-14,17-21,23H2,2H3/t25-,26?,27?,29?,42+/m1/s1. The molecule has 13 heteroatoms. The van der Waals surface area contributed by atoms with E-state index in [1.54, 1.807) is 11.7 Å². The number of terminal acetylenes is 1. The number of anilines is 1. The molecule has 5 atom stereocenters. The Labute approximate surface area is 317 Å². The van der Waals surface area contributed by atoms with E-state index in [1.807, 2.05) is 6.20 Å². The number of hydrogen-bond acceptors (Lipinski definition) is 9. The summed E-state index contributed by atoms with van der Waals surface area (Å²) < 4.78 is 62.1. The first kappa shape index (κ1) is 34.8. The van der Waals surface area contributed by atoms with Gasteiger partial charge in [-0.15, -0.1) is 6.42 Å². The van der Waals surface area contributed by atoms with Crippen LogP contribution in [0.15, 0.2) is 30.5 Å². The van der Waals surface area contributed by atoms with Crippen LogP contribution in [0.3, 0.4) is 0 Å². The summed E-state index contributed by atoms with van der Waals surface area (Å²) in [5.41, 5.74) is 0.0758. The number of aryl methyl sites for hydroxylation is 1. The van der Waals surface area contributed by atoms with Crippen LogP contribution in [0.1, 0.15) is 56.9 Å². The van der Waals surface area contributed by atoms with Crippen molar-refractivity contribution in [1.29, 1.82) is 0 Å². The molecule has 1 N–H and O–H groups in total. The summed E-state index contributed by atoms with van der Waals surface area (Å²) in [6.07, 6.45) is 14.4. The molecule has 2 bridgehead atoms. The highest BCUT2D eigenvalue weighted by molar-refractivity contribution is 6.18. The lowest BCUT2D eigenvalue weighted by Crippen LogP contribution is -2.55. The highest BCUT2D eigenvalue weighted by atomic mass is 19.1. The van der Waals surface area contributed by atoms with Crippen molar-refractivity contribution in [2.75, 3.05) is 50.8 Å². The van der Waals surface area contributed by atoms with Crippen LogP contribution in [0.5, 0.6) is 11.8 Å². The van der Waals surface area contributed by atoms with Gasteiger partial charge in [-0.25, -0.2) is 13.2 Å². The second kappa shape index (κ2) is 13.2. The Kier molecular flexibility index (Phi) is 8.39. The number of piperazine rings is 1. The minimum absolute atomic E-state index is 0.0210. The molecule has 5 aliphatic rings. The van der Waals surface area contributed by atoms with Gasteiger partial charge < -0.3 is 19.5 Å². The highest BCUT2D eigenvalue weighted by Gasteiger charge is 2.50. The number of likely N-dealkylation sites (tertiary alicyclic amines) is 1. The smallest absolute Gasteiger partial charge is 0.319 e. The Morgan fingerprint density at radius 3 is 2.65 bits per heavy atom. The Hall–Kier alpha value is -4.64. The van der Waals surface area contributed by atoms with E-state index in [1.165, 1.54) is 30.7 Å². The van der Waals surface area contributed by atoms with Crippen molar-refractivity contribution >= 4 is 38.4 Å². The molecule has 2 aromatic heterocycles. The van der Waals surface area contributed by atoms with Gasteiger partial charge in [-0.1, -0.05) is 12.0 Å². The maximum Gasteiger partial charge on any atom is 0.319 e. The number of alkyl halides is 1. The van der Waals surface area contributed by atoms with Gasteiger partial charge in [0.05, 0.1) is 22.6 Å². The molecule has 3 unspecified atom stereocenters. The van der Waals surface area contributed by atoms with E-state index in [9.17, 15) is 9.50 Å². The van der Waals surface area contributed by atoms with E-state index in [2.05, 4.69) is 20.6 Å². The van der Waals surface area contributed by atoms with Crippen LogP contribution in [0, 0.1) is 24.0 Å². The number of ether oxygens (including phenoxy) is 2. The third-order valence-corrected chi connectivity index (χ3v) is 12.9. The van der Waals surface area contributed by atoms with Crippen LogP contribution in [-0.2, 0) is 11.8 Å². The molecule has 0 aliphatic carbocycles. The first-order chi connectivity index (χ1) is 26.7. The molecular weight excluding hydrogens is 708 g/mol. The van der Waals surface area contributed by atoms with Crippen LogP contribution in [0.4, 0.5) is 19.0 Å². The molecule has 0 amide bonds. The number of rotatable bonds is 7. The van der Waals surface area contributed by atoms with Crippen LogP contribution < -0.4 is 9.64 Å². The molecular formula is C42H44F3N7O3. The van der Waals surface area contributed by atoms with E-state index in [-0.39, 0.29) is 64.1 Å².